The molecule has 0 spiro atoms. The van der Waals surface area contributed by atoms with Crippen LogP contribution >= 0.6 is 0 Å². The Kier molecular flexibility index (Phi) is 8.42. The molecule has 1 fully saturated rings. The molecule has 6 heteroatoms. The summed E-state index contributed by atoms with van der Waals surface area (Å²) in [6, 6.07) is 15.2. The molecule has 0 radical (unpaired) electrons. The summed E-state index contributed by atoms with van der Waals surface area (Å²) in [5.74, 6) is -0.900. The fourth-order valence-corrected chi connectivity index (χ4v) is 4.04. The summed E-state index contributed by atoms with van der Waals surface area (Å²) in [5, 5.41) is 8.84. The molecule has 170 valence electrons. The fraction of sp³-hybridized carbons (Fsp3) is 0.423. The lowest BCUT2D eigenvalue weighted by molar-refractivity contribution is -0.124. The van der Waals surface area contributed by atoms with Gasteiger partial charge in [-0.3, -0.25) is 14.4 Å². The SMILES string of the molecule is CC(C)C(NC(=O)c1ccccc1NC(=O)c1ccccc1)C(=O)NC1CCCCCC1. The van der Waals surface area contributed by atoms with Crippen molar-refractivity contribution in [1.29, 1.82) is 0 Å². The van der Waals surface area contributed by atoms with Gasteiger partial charge in [-0.1, -0.05) is 69.9 Å². The second kappa shape index (κ2) is 11.5. The summed E-state index contributed by atoms with van der Waals surface area (Å²) in [6.45, 7) is 3.83. The second-order valence-corrected chi connectivity index (χ2v) is 8.76. The molecule has 1 unspecified atom stereocenters. The molecule has 6 nitrogen and oxygen atoms in total. The largest absolute Gasteiger partial charge is 0.352 e. The van der Waals surface area contributed by atoms with Gasteiger partial charge in [-0.05, 0) is 43.0 Å². The third-order valence-corrected chi connectivity index (χ3v) is 5.89. The molecule has 3 rings (SSSR count). The van der Waals surface area contributed by atoms with E-state index < -0.39 is 6.04 Å². The molecule has 0 saturated heterocycles. The van der Waals surface area contributed by atoms with Crippen LogP contribution in [0.25, 0.3) is 0 Å². The standard InChI is InChI=1S/C26H33N3O3/c1-18(2)23(26(32)27-20-14-8-3-4-9-15-20)29-25(31)21-16-10-11-17-22(21)28-24(30)19-12-6-5-7-13-19/h5-7,10-13,16-18,20,23H,3-4,8-9,14-15H2,1-2H3,(H,27,32)(H,28,30)(H,29,31). The van der Waals surface area contributed by atoms with Crippen LogP contribution in [0.1, 0.15) is 73.1 Å². The van der Waals surface area contributed by atoms with Crippen molar-refractivity contribution in [1.82, 2.24) is 10.6 Å². The lowest BCUT2D eigenvalue weighted by Crippen LogP contribution is -2.52. The highest BCUT2D eigenvalue weighted by molar-refractivity contribution is 6.09. The normalized spacial score (nSPS) is 15.5. The lowest BCUT2D eigenvalue weighted by atomic mass is 10.0. The van der Waals surface area contributed by atoms with Gasteiger partial charge in [0.25, 0.3) is 11.8 Å². The topological polar surface area (TPSA) is 87.3 Å². The Hall–Kier alpha value is -3.15. The molecule has 0 bridgehead atoms. The van der Waals surface area contributed by atoms with E-state index in [9.17, 15) is 14.4 Å². The van der Waals surface area contributed by atoms with Crippen LogP contribution in [0.3, 0.4) is 0 Å². The summed E-state index contributed by atoms with van der Waals surface area (Å²) in [7, 11) is 0. The number of rotatable bonds is 7. The number of anilines is 1. The highest BCUT2D eigenvalue weighted by Gasteiger charge is 2.27. The zero-order valence-corrected chi connectivity index (χ0v) is 18.9. The predicted octanol–water partition coefficient (Wildman–Crippen LogP) is 4.53. The van der Waals surface area contributed by atoms with Crippen LogP contribution in [0.4, 0.5) is 5.69 Å². The van der Waals surface area contributed by atoms with Gasteiger partial charge in [-0.2, -0.15) is 0 Å². The van der Waals surface area contributed by atoms with Crippen LogP contribution < -0.4 is 16.0 Å². The van der Waals surface area contributed by atoms with Crippen molar-refractivity contribution in [3.05, 3.63) is 65.7 Å². The van der Waals surface area contributed by atoms with E-state index in [4.69, 9.17) is 0 Å². The van der Waals surface area contributed by atoms with E-state index in [0.29, 0.717) is 16.8 Å². The minimum atomic E-state index is -0.649. The minimum Gasteiger partial charge on any atom is -0.352 e. The van der Waals surface area contributed by atoms with Crippen LogP contribution in [0.5, 0.6) is 0 Å². The van der Waals surface area contributed by atoms with E-state index in [2.05, 4.69) is 16.0 Å². The summed E-state index contributed by atoms with van der Waals surface area (Å²) >= 11 is 0. The van der Waals surface area contributed by atoms with Crippen molar-refractivity contribution < 1.29 is 14.4 Å². The quantitative estimate of drug-likeness (QED) is 0.558. The second-order valence-electron chi connectivity index (χ2n) is 8.76. The first kappa shape index (κ1) is 23.5. The number of nitrogens with one attached hydrogen (secondary N) is 3. The third-order valence-electron chi connectivity index (χ3n) is 5.89. The Bertz CT molecular complexity index is 919. The number of para-hydroxylation sites is 1. The van der Waals surface area contributed by atoms with E-state index in [1.54, 1.807) is 48.5 Å². The van der Waals surface area contributed by atoms with Crippen molar-refractivity contribution >= 4 is 23.4 Å². The number of benzene rings is 2. The van der Waals surface area contributed by atoms with Crippen molar-refractivity contribution in [3.8, 4) is 0 Å². The first-order chi connectivity index (χ1) is 15.5. The molecular weight excluding hydrogens is 402 g/mol. The first-order valence-corrected chi connectivity index (χ1v) is 11.5. The monoisotopic (exact) mass is 435 g/mol. The lowest BCUT2D eigenvalue weighted by Gasteiger charge is -2.25. The Morgan fingerprint density at radius 2 is 1.44 bits per heavy atom. The summed E-state index contributed by atoms with van der Waals surface area (Å²) in [5.41, 5.74) is 1.24. The predicted molar refractivity (Wildman–Crippen MR) is 127 cm³/mol. The molecule has 2 aromatic rings. The van der Waals surface area contributed by atoms with Crippen molar-refractivity contribution in [3.63, 3.8) is 0 Å². The molecule has 1 saturated carbocycles. The van der Waals surface area contributed by atoms with Gasteiger partial charge in [0.15, 0.2) is 0 Å². The van der Waals surface area contributed by atoms with Gasteiger partial charge in [0.1, 0.15) is 6.04 Å². The van der Waals surface area contributed by atoms with E-state index in [-0.39, 0.29) is 29.7 Å². The van der Waals surface area contributed by atoms with E-state index in [0.717, 1.165) is 25.7 Å². The maximum atomic E-state index is 13.1. The Morgan fingerprint density at radius 1 is 0.812 bits per heavy atom. The van der Waals surface area contributed by atoms with Crippen LogP contribution in [0, 0.1) is 5.92 Å². The minimum absolute atomic E-state index is 0.0733. The number of amides is 3. The van der Waals surface area contributed by atoms with Crippen molar-refractivity contribution in [2.24, 2.45) is 5.92 Å². The number of carbonyl (C=O) groups excluding carboxylic acids is 3. The molecule has 1 aliphatic rings. The van der Waals surface area contributed by atoms with Crippen LogP contribution in [0.15, 0.2) is 54.6 Å². The molecule has 3 N–H and O–H groups in total. The van der Waals surface area contributed by atoms with Crippen molar-refractivity contribution in [2.75, 3.05) is 5.32 Å². The Balaban J connectivity index is 1.70. The molecule has 3 amide bonds. The first-order valence-electron chi connectivity index (χ1n) is 11.5. The molecule has 1 atom stereocenters. The van der Waals surface area contributed by atoms with Crippen molar-refractivity contribution in [2.45, 2.75) is 64.5 Å². The summed E-state index contributed by atoms with van der Waals surface area (Å²) < 4.78 is 0. The zero-order chi connectivity index (χ0) is 22.9. The van der Waals surface area contributed by atoms with Gasteiger partial charge in [0, 0.05) is 11.6 Å². The Morgan fingerprint density at radius 3 is 2.09 bits per heavy atom. The van der Waals surface area contributed by atoms with E-state index in [1.165, 1.54) is 12.8 Å². The highest BCUT2D eigenvalue weighted by Crippen LogP contribution is 2.19. The van der Waals surface area contributed by atoms with Gasteiger partial charge in [0.05, 0.1) is 11.3 Å². The molecule has 0 aliphatic heterocycles. The van der Waals surface area contributed by atoms with Crippen LogP contribution in [-0.2, 0) is 4.79 Å². The highest BCUT2D eigenvalue weighted by atomic mass is 16.2. The summed E-state index contributed by atoms with van der Waals surface area (Å²) in [4.78, 5) is 38.7. The van der Waals surface area contributed by atoms with E-state index in [1.807, 2.05) is 19.9 Å². The molecule has 0 heterocycles. The maximum Gasteiger partial charge on any atom is 0.255 e. The Labute approximate surface area is 190 Å². The average molecular weight is 436 g/mol. The molecule has 1 aliphatic carbocycles. The van der Waals surface area contributed by atoms with Gasteiger partial charge < -0.3 is 16.0 Å². The molecule has 2 aromatic carbocycles. The molecule has 0 aromatic heterocycles. The molecule has 32 heavy (non-hydrogen) atoms. The van der Waals surface area contributed by atoms with Gasteiger partial charge in [0.2, 0.25) is 5.91 Å². The van der Waals surface area contributed by atoms with Gasteiger partial charge in [-0.15, -0.1) is 0 Å². The van der Waals surface area contributed by atoms with Crippen LogP contribution in [0.2, 0.25) is 0 Å². The summed E-state index contributed by atoms with van der Waals surface area (Å²) in [6.07, 6.45) is 6.64. The number of hydrogen-bond donors (Lipinski definition) is 3. The van der Waals surface area contributed by atoms with Gasteiger partial charge in [-0.25, -0.2) is 0 Å². The number of hydrogen-bond acceptors (Lipinski definition) is 3. The smallest absolute Gasteiger partial charge is 0.255 e. The maximum absolute atomic E-state index is 13.1. The molecular formula is C26H33N3O3. The fourth-order valence-electron chi connectivity index (χ4n) is 4.04. The van der Waals surface area contributed by atoms with Gasteiger partial charge >= 0.3 is 0 Å². The van der Waals surface area contributed by atoms with E-state index >= 15 is 0 Å². The van der Waals surface area contributed by atoms with Crippen LogP contribution in [-0.4, -0.2) is 29.8 Å². The number of carbonyl (C=O) groups is 3. The third kappa shape index (κ3) is 6.42. The zero-order valence-electron chi connectivity index (χ0n) is 18.9. The average Bonchev–Trinajstić information content (AvgIpc) is 3.06.